The molecule has 4 aliphatic heterocycles. The third kappa shape index (κ3) is 20.9. The maximum Gasteiger partial charge on any atom is 0.337 e. The van der Waals surface area contributed by atoms with Gasteiger partial charge in [0.15, 0.2) is 23.8 Å². The number of nitrogen functional groups attached to an aromatic ring is 1. The van der Waals surface area contributed by atoms with E-state index in [4.69, 9.17) is 63.6 Å². The third-order valence-corrected chi connectivity index (χ3v) is 28.7. The molecule has 0 saturated carbocycles. The Morgan fingerprint density at radius 1 is 0.421 bits per heavy atom. The van der Waals surface area contributed by atoms with Crippen LogP contribution in [0, 0.1) is 37.8 Å². The van der Waals surface area contributed by atoms with E-state index in [1.807, 2.05) is 236 Å². The molecule has 0 bridgehead atoms. The Morgan fingerprint density at radius 2 is 0.738 bits per heavy atom. The van der Waals surface area contributed by atoms with E-state index in [2.05, 4.69) is 43.3 Å². The number of carboxylic acid groups (broad SMARTS) is 2. The summed E-state index contributed by atoms with van der Waals surface area (Å²) in [5, 5.41) is 44.3. The monoisotopic (exact) mass is 1970 g/mol. The minimum atomic E-state index is -3.06. The lowest BCUT2D eigenvalue weighted by molar-refractivity contribution is -0.383. The smallest absolute Gasteiger partial charge is 0.337 e. The Bertz CT molecular complexity index is 7980. The maximum absolute atomic E-state index is 13.1. The molecule has 20 rings (SSSR count). The van der Waals surface area contributed by atoms with Crippen molar-refractivity contribution in [1.82, 2.24) is 19.9 Å². The van der Waals surface area contributed by atoms with E-state index in [1.165, 1.54) is 24.3 Å². The molecule has 0 spiro atoms. The number of ketones is 2. The van der Waals surface area contributed by atoms with E-state index >= 15 is 0 Å². The molecule has 145 heavy (non-hydrogen) atoms. The second-order valence-corrected chi connectivity index (χ2v) is 43.7. The van der Waals surface area contributed by atoms with Gasteiger partial charge in [-0.2, -0.15) is 0 Å². The quantitative estimate of drug-likeness (QED) is 0.0196. The molecule has 24 nitrogen and oxygen atoms in total. The standard InChI is InChI=1S/C32H35NO6S.C30H31NO4.C29H28N2O5.C29H30N2O3/c1-20-19-22-9-5-6-10-23(22)28(24-11-12-25-27-21(14-17-38-25)13-16-33-29(24)27)26(20)30(31(34)35)39-32(2,3)15-7-8-18-40(4,36)37;1-5-14-30(3,4)35-28(29(32)33)24-18(2)17-20-8-6-7-9-21(20)26(24)22-10-11-23-25-19(13-16-34-23)12-15-31-27(22)25;1-16-23(28(17(2)32)36-29(3,4)5)25(19-8-6-7-9-20(19)27(16)31(33)34)21-10-11-22-24-18(13-15-35-22)12-14-30-26(21)24;1-16-23(28(17(2)32)34-29(3,4)5)25(19-8-6-7-9-20(19)26(16)30)21-10-11-22-24-18(13-15-33-22)12-14-31-27(21)24/h5-6,9-13,16,19,30H,7-8,14-15,17-18H2,1-4H3,(H,34,35);6-12,15,17,28H,5,13-14,16H2,1-4H3,(H,32,33);6-12,14,28H,13,15H2,1-5H3;6-12,14,28H,13,15,30H2,1-5H3/t30-;3*28-/m0011/s1. The molecule has 0 unspecified atom stereocenters. The first-order valence-corrected chi connectivity index (χ1v) is 51.6. The highest BCUT2D eigenvalue weighted by Crippen LogP contribution is 2.54. The number of nitrogens with zero attached hydrogens (tertiary/aromatic N) is 5. The number of ether oxygens (including phenoxy) is 8. The van der Waals surface area contributed by atoms with Crippen LogP contribution >= 0.6 is 0 Å². The Balaban J connectivity index is 0.000000133. The first-order valence-electron chi connectivity index (χ1n) is 49.6. The Labute approximate surface area is 844 Å². The van der Waals surface area contributed by atoms with E-state index < -0.39 is 68.6 Å². The van der Waals surface area contributed by atoms with Crippen LogP contribution in [0.1, 0.15) is 213 Å². The lowest BCUT2D eigenvalue weighted by Gasteiger charge is -2.31. The topological polar surface area (TPSA) is 337 Å². The lowest BCUT2D eigenvalue weighted by Crippen LogP contribution is -2.31. The van der Waals surface area contributed by atoms with Crippen LogP contribution in [0.4, 0.5) is 11.4 Å². The summed E-state index contributed by atoms with van der Waals surface area (Å²) in [5.74, 6) is 0.962. The first-order chi connectivity index (χ1) is 69.0. The summed E-state index contributed by atoms with van der Waals surface area (Å²) in [6, 6.07) is 59.4. The summed E-state index contributed by atoms with van der Waals surface area (Å²) >= 11 is 0. The molecule has 25 heteroatoms. The van der Waals surface area contributed by atoms with Crippen molar-refractivity contribution in [3.8, 4) is 67.5 Å². The molecule has 4 atom stereocenters. The van der Waals surface area contributed by atoms with E-state index in [9.17, 15) is 47.9 Å². The van der Waals surface area contributed by atoms with Crippen LogP contribution in [0.5, 0.6) is 23.0 Å². The minimum absolute atomic E-state index is 0.0212. The van der Waals surface area contributed by atoms with Gasteiger partial charge in [-0.3, -0.25) is 39.6 Å². The van der Waals surface area contributed by atoms with E-state index in [0.717, 1.165) is 215 Å². The number of aliphatic carboxylic acids is 2. The van der Waals surface area contributed by atoms with Crippen molar-refractivity contribution in [3.63, 3.8) is 0 Å². The van der Waals surface area contributed by atoms with Gasteiger partial charge in [0.05, 0.1) is 81.2 Å². The molecule has 748 valence electrons. The van der Waals surface area contributed by atoms with Gasteiger partial charge in [-0.15, -0.1) is 0 Å². The Kier molecular flexibility index (Phi) is 29.0. The van der Waals surface area contributed by atoms with Crippen molar-refractivity contribution in [2.75, 3.05) is 44.2 Å². The van der Waals surface area contributed by atoms with Gasteiger partial charge in [-0.05, 0) is 309 Å². The number of benzene rings is 12. The molecule has 0 amide bonds. The molecule has 0 aliphatic carbocycles. The SMILES string of the molecule is CC(=O)[C@@H](OC(C)(C)C)c1c(C)c(N)c2ccccc2c1-c1ccc2c3c(ccnc13)CCO2.CC(=O)[C@@H](OC(C)(C)C)c1c(C)c([N+](=O)[O-])c2ccccc2c1-c1ccc2c3c(ccnc13)CCO2.CCCC(C)(C)O[C@H](C(=O)O)c1c(C)cc2ccccc2c1-c1ccc2c3c(ccnc13)CCO2.Cc1cc2ccccc2c(-c2ccc3c4c(ccnc24)CCO3)c1[C@H](OC(C)(C)CCCCS(C)(=O)=O)C(=O)O. The summed E-state index contributed by atoms with van der Waals surface area (Å²) in [7, 11) is -3.06. The van der Waals surface area contributed by atoms with Gasteiger partial charge in [-0.1, -0.05) is 116 Å². The lowest BCUT2D eigenvalue weighted by atomic mass is 9.84. The number of fused-ring (bicyclic) bond motifs is 4. The number of aromatic nitrogens is 4. The van der Waals surface area contributed by atoms with E-state index in [1.54, 1.807) is 38.4 Å². The molecule has 0 saturated heterocycles. The number of unbranched alkanes of at least 4 members (excludes halogenated alkanes) is 1. The number of Topliss-reactive ketones (excluding diaryl/α,β-unsaturated/α-hetero) is 2. The first kappa shape index (κ1) is 102. The van der Waals surface area contributed by atoms with Gasteiger partial charge in [-0.25, -0.2) is 18.0 Å². The number of nitro benzene ring substituents is 1. The highest BCUT2D eigenvalue weighted by atomic mass is 32.2. The second kappa shape index (κ2) is 41.1. The summed E-state index contributed by atoms with van der Waals surface area (Å²) in [6.07, 6.45) is 10.9. The molecular weight excluding hydrogens is 1850 g/mol. The highest BCUT2D eigenvalue weighted by Gasteiger charge is 2.41. The predicted octanol–water partition coefficient (Wildman–Crippen LogP) is 26.4. The van der Waals surface area contributed by atoms with Gasteiger partial charge >= 0.3 is 11.9 Å². The molecular formula is C120H124N6O18S. The summed E-state index contributed by atoms with van der Waals surface area (Å²) in [5.41, 5.74) is 25.0. The van der Waals surface area contributed by atoms with Gasteiger partial charge in [0.25, 0.3) is 5.69 Å². The Hall–Kier alpha value is -14.2. The number of hydrogen-bond donors (Lipinski definition) is 3. The van der Waals surface area contributed by atoms with E-state index in [-0.39, 0.29) is 27.9 Å². The molecule has 4 aliphatic rings. The maximum atomic E-state index is 13.1. The highest BCUT2D eigenvalue weighted by molar-refractivity contribution is 7.90. The number of carbonyl (C=O) groups excluding carboxylic acids is 2. The molecule has 12 aromatic carbocycles. The van der Waals surface area contributed by atoms with Crippen LogP contribution in [0.2, 0.25) is 0 Å². The van der Waals surface area contributed by atoms with Crippen LogP contribution in [0.3, 0.4) is 0 Å². The van der Waals surface area contributed by atoms with Gasteiger partial charge in [0, 0.05) is 145 Å². The average molecular weight is 1970 g/mol. The van der Waals surface area contributed by atoms with Crippen molar-refractivity contribution in [2.45, 2.75) is 222 Å². The van der Waals surface area contributed by atoms with Gasteiger partial charge in [0.1, 0.15) is 45.0 Å². The molecule has 4 aromatic heterocycles. The number of carbonyl (C=O) groups is 4. The van der Waals surface area contributed by atoms with Crippen LogP contribution in [0.25, 0.3) is 131 Å². The van der Waals surface area contributed by atoms with Crippen molar-refractivity contribution >= 4 is 131 Å². The van der Waals surface area contributed by atoms with Crippen molar-refractivity contribution < 1.29 is 80.6 Å². The number of aryl methyl sites for hydroxylation is 2. The molecule has 0 fully saturated rings. The fourth-order valence-corrected chi connectivity index (χ4v) is 22.2. The van der Waals surface area contributed by atoms with E-state index in [0.29, 0.717) is 84.4 Å². The fourth-order valence-electron chi connectivity index (χ4n) is 21.5. The van der Waals surface area contributed by atoms with Crippen molar-refractivity contribution in [3.05, 3.63) is 284 Å². The number of nitrogens with two attached hydrogens (primary N) is 1. The molecule has 4 N–H and O–H groups in total. The largest absolute Gasteiger partial charge is 0.493 e. The zero-order valence-corrected chi connectivity index (χ0v) is 86.3. The van der Waals surface area contributed by atoms with Gasteiger partial charge < -0.3 is 53.8 Å². The van der Waals surface area contributed by atoms with Crippen molar-refractivity contribution in [2.24, 2.45) is 0 Å². The third-order valence-electron chi connectivity index (χ3n) is 27.6. The van der Waals surface area contributed by atoms with Crippen LogP contribution in [0.15, 0.2) is 207 Å². The van der Waals surface area contributed by atoms with Crippen LogP contribution in [-0.2, 0) is 73.6 Å². The summed E-state index contributed by atoms with van der Waals surface area (Å²) in [6.45, 7) is 34.3. The number of anilines is 1. The van der Waals surface area contributed by atoms with Gasteiger partial charge in [0.2, 0.25) is 0 Å². The molecule has 16 aromatic rings. The zero-order valence-electron chi connectivity index (χ0n) is 85.5. The number of pyridine rings is 4. The average Bonchev–Trinajstić information content (AvgIpc) is 0.730. The number of rotatable bonds is 26. The minimum Gasteiger partial charge on any atom is -0.493 e. The number of nitro groups is 1. The second-order valence-electron chi connectivity index (χ2n) is 41.4. The zero-order chi connectivity index (χ0) is 103. The Morgan fingerprint density at radius 3 is 1.07 bits per heavy atom. The van der Waals surface area contributed by atoms with Crippen LogP contribution < -0.4 is 24.7 Å². The normalized spacial score (nSPS) is 14.2. The molecule has 8 heterocycles. The fraction of sp³-hybridized carbons (Fsp3) is 0.333. The molecule has 0 radical (unpaired) electrons. The number of hydrogen-bond acceptors (Lipinski definition) is 21. The predicted molar refractivity (Wildman–Crippen MR) is 574 cm³/mol. The van der Waals surface area contributed by atoms with Crippen LogP contribution in [-0.4, -0.2) is 128 Å². The summed E-state index contributed by atoms with van der Waals surface area (Å²) < 4.78 is 72.3. The van der Waals surface area contributed by atoms with Crippen molar-refractivity contribution in [1.29, 1.82) is 0 Å². The summed E-state index contributed by atoms with van der Waals surface area (Å²) in [4.78, 5) is 82.7. The number of carboxylic acids is 2. The number of sulfone groups is 1.